The minimum atomic E-state index is 0.104. The van der Waals surface area contributed by atoms with Crippen molar-refractivity contribution in [2.75, 3.05) is 5.73 Å². The van der Waals surface area contributed by atoms with Crippen LogP contribution in [-0.2, 0) is 0 Å². The molecule has 156 valence electrons. The van der Waals surface area contributed by atoms with E-state index in [0.29, 0.717) is 17.2 Å². The van der Waals surface area contributed by atoms with E-state index < -0.39 is 0 Å². The molecule has 0 saturated heterocycles. The SMILES string of the molecule is Cc1cncc(-c2nc(N)c3nc(C(C)C4C=Nc5ccccc54)n(C(C)C)c3n2)c1. The van der Waals surface area contributed by atoms with Crippen molar-refractivity contribution >= 4 is 28.9 Å². The molecule has 3 aromatic heterocycles. The Bertz CT molecular complexity index is 1320. The van der Waals surface area contributed by atoms with Crippen LogP contribution in [0.1, 0.15) is 55.6 Å². The third-order valence-electron chi connectivity index (χ3n) is 5.86. The molecular weight excluding hydrogens is 386 g/mol. The van der Waals surface area contributed by atoms with Crippen molar-refractivity contribution in [3.63, 3.8) is 0 Å². The Hall–Kier alpha value is -3.61. The van der Waals surface area contributed by atoms with E-state index in [1.165, 1.54) is 5.56 Å². The topological polar surface area (TPSA) is 94.9 Å². The van der Waals surface area contributed by atoms with Gasteiger partial charge < -0.3 is 10.3 Å². The van der Waals surface area contributed by atoms with Gasteiger partial charge in [0.1, 0.15) is 5.82 Å². The number of imidazole rings is 1. The lowest BCUT2D eigenvalue weighted by atomic mass is 9.88. The number of pyridine rings is 1. The highest BCUT2D eigenvalue weighted by Crippen LogP contribution is 2.41. The molecule has 0 bridgehead atoms. The van der Waals surface area contributed by atoms with Crippen LogP contribution in [0, 0.1) is 6.92 Å². The molecule has 0 aliphatic carbocycles. The molecule has 0 amide bonds. The zero-order chi connectivity index (χ0) is 21.7. The standard InChI is InChI=1S/C24H25N7/c1-13(2)31-23(15(4)18-12-27-19-8-6-5-7-17(18)19)28-20-21(25)29-22(30-24(20)31)16-9-14(3)10-26-11-16/h5-13,15,18H,1-4H3,(H2,25,29,30). The van der Waals surface area contributed by atoms with Crippen LogP contribution in [0.25, 0.3) is 22.6 Å². The summed E-state index contributed by atoms with van der Waals surface area (Å²) in [7, 11) is 0. The van der Waals surface area contributed by atoms with E-state index in [4.69, 9.17) is 15.7 Å². The Morgan fingerprint density at radius 1 is 1.03 bits per heavy atom. The number of nitrogens with zero attached hydrogens (tertiary/aromatic N) is 6. The van der Waals surface area contributed by atoms with Gasteiger partial charge in [-0.25, -0.2) is 15.0 Å². The van der Waals surface area contributed by atoms with E-state index in [2.05, 4.69) is 58.5 Å². The first-order chi connectivity index (χ1) is 14.9. The van der Waals surface area contributed by atoms with Crippen molar-refractivity contribution in [3.05, 3.63) is 59.7 Å². The van der Waals surface area contributed by atoms with Gasteiger partial charge in [-0.05, 0) is 44.0 Å². The van der Waals surface area contributed by atoms with Crippen LogP contribution in [0.4, 0.5) is 11.5 Å². The maximum atomic E-state index is 6.37. The van der Waals surface area contributed by atoms with Gasteiger partial charge in [0, 0.05) is 42.0 Å². The molecular formula is C24H25N7. The second-order valence-corrected chi connectivity index (χ2v) is 8.44. The third kappa shape index (κ3) is 3.17. The number of nitrogens with two attached hydrogens (primary N) is 1. The molecule has 2 unspecified atom stereocenters. The van der Waals surface area contributed by atoms with Gasteiger partial charge in [-0.3, -0.25) is 9.98 Å². The second kappa shape index (κ2) is 7.27. The predicted molar refractivity (Wildman–Crippen MR) is 124 cm³/mol. The zero-order valence-corrected chi connectivity index (χ0v) is 18.1. The van der Waals surface area contributed by atoms with Crippen LogP contribution < -0.4 is 5.73 Å². The smallest absolute Gasteiger partial charge is 0.166 e. The number of hydrogen-bond donors (Lipinski definition) is 1. The Balaban J connectivity index is 1.67. The Morgan fingerprint density at radius 3 is 2.61 bits per heavy atom. The van der Waals surface area contributed by atoms with Crippen LogP contribution in [0.15, 0.2) is 47.7 Å². The van der Waals surface area contributed by atoms with Gasteiger partial charge in [0.15, 0.2) is 22.8 Å². The van der Waals surface area contributed by atoms with Crippen molar-refractivity contribution in [3.8, 4) is 11.4 Å². The third-order valence-corrected chi connectivity index (χ3v) is 5.86. The van der Waals surface area contributed by atoms with Gasteiger partial charge >= 0.3 is 0 Å². The summed E-state index contributed by atoms with van der Waals surface area (Å²) < 4.78 is 2.18. The number of fused-ring (bicyclic) bond motifs is 2. The molecule has 1 aliphatic rings. The number of rotatable bonds is 4. The van der Waals surface area contributed by atoms with E-state index in [1.807, 2.05) is 31.5 Å². The maximum Gasteiger partial charge on any atom is 0.166 e. The summed E-state index contributed by atoms with van der Waals surface area (Å²) in [5.74, 6) is 2.15. The molecule has 1 aliphatic heterocycles. The first-order valence-corrected chi connectivity index (χ1v) is 10.5. The maximum absolute atomic E-state index is 6.37. The number of aryl methyl sites for hydroxylation is 1. The van der Waals surface area contributed by atoms with E-state index in [-0.39, 0.29) is 17.9 Å². The second-order valence-electron chi connectivity index (χ2n) is 8.44. The molecule has 0 spiro atoms. The predicted octanol–water partition coefficient (Wildman–Crippen LogP) is 4.96. The lowest BCUT2D eigenvalue weighted by molar-refractivity contribution is 0.539. The zero-order valence-electron chi connectivity index (χ0n) is 18.1. The van der Waals surface area contributed by atoms with Gasteiger partial charge in [0.05, 0.1) is 5.69 Å². The quantitative estimate of drug-likeness (QED) is 0.512. The van der Waals surface area contributed by atoms with Crippen LogP contribution in [0.5, 0.6) is 0 Å². The van der Waals surface area contributed by atoms with Gasteiger partial charge in [-0.1, -0.05) is 25.1 Å². The monoisotopic (exact) mass is 411 g/mol. The van der Waals surface area contributed by atoms with Crippen molar-refractivity contribution in [2.45, 2.75) is 45.6 Å². The summed E-state index contributed by atoms with van der Waals surface area (Å²) in [6, 6.07) is 10.4. The largest absolute Gasteiger partial charge is 0.382 e. The van der Waals surface area contributed by atoms with E-state index >= 15 is 0 Å². The molecule has 2 N–H and O–H groups in total. The molecule has 2 atom stereocenters. The molecule has 4 heterocycles. The summed E-state index contributed by atoms with van der Waals surface area (Å²) in [6.45, 7) is 8.46. The number of aromatic nitrogens is 5. The highest BCUT2D eigenvalue weighted by Gasteiger charge is 2.30. The number of para-hydroxylation sites is 1. The molecule has 7 heteroatoms. The number of hydrogen-bond acceptors (Lipinski definition) is 6. The van der Waals surface area contributed by atoms with Crippen molar-refractivity contribution in [2.24, 2.45) is 4.99 Å². The molecule has 0 fully saturated rings. The van der Waals surface area contributed by atoms with Gasteiger partial charge in [0.2, 0.25) is 0 Å². The van der Waals surface area contributed by atoms with Crippen molar-refractivity contribution in [1.29, 1.82) is 0 Å². The molecule has 4 aromatic rings. The molecule has 0 saturated carbocycles. The lowest BCUT2D eigenvalue weighted by Crippen LogP contribution is -2.15. The number of aliphatic imine (C=N–C) groups is 1. The molecule has 5 rings (SSSR count). The van der Waals surface area contributed by atoms with Gasteiger partial charge in [-0.2, -0.15) is 0 Å². The summed E-state index contributed by atoms with van der Waals surface area (Å²) in [6.07, 6.45) is 5.60. The summed E-state index contributed by atoms with van der Waals surface area (Å²) in [5, 5.41) is 0. The Kier molecular flexibility index (Phi) is 4.54. The van der Waals surface area contributed by atoms with E-state index in [9.17, 15) is 0 Å². The van der Waals surface area contributed by atoms with Crippen molar-refractivity contribution < 1.29 is 0 Å². The number of benzene rings is 1. The number of anilines is 1. The Morgan fingerprint density at radius 2 is 1.84 bits per heavy atom. The normalized spacial score (nSPS) is 16.2. The summed E-state index contributed by atoms with van der Waals surface area (Å²) in [5.41, 5.74) is 11.9. The van der Waals surface area contributed by atoms with Crippen LogP contribution in [0.3, 0.4) is 0 Å². The molecule has 0 radical (unpaired) electrons. The average molecular weight is 412 g/mol. The first-order valence-electron chi connectivity index (χ1n) is 10.5. The van der Waals surface area contributed by atoms with Crippen LogP contribution in [0.2, 0.25) is 0 Å². The fourth-order valence-corrected chi connectivity index (χ4v) is 4.34. The van der Waals surface area contributed by atoms with Gasteiger partial charge in [0.25, 0.3) is 0 Å². The Labute approximate surface area is 181 Å². The van der Waals surface area contributed by atoms with Crippen LogP contribution in [-0.4, -0.2) is 30.7 Å². The van der Waals surface area contributed by atoms with Crippen molar-refractivity contribution in [1.82, 2.24) is 24.5 Å². The van der Waals surface area contributed by atoms with E-state index in [1.54, 1.807) is 6.20 Å². The summed E-state index contributed by atoms with van der Waals surface area (Å²) in [4.78, 5) is 23.3. The fourth-order valence-electron chi connectivity index (χ4n) is 4.34. The minimum Gasteiger partial charge on any atom is -0.382 e. The highest BCUT2D eigenvalue weighted by molar-refractivity contribution is 5.85. The van der Waals surface area contributed by atoms with E-state index in [0.717, 1.165) is 28.3 Å². The minimum absolute atomic E-state index is 0.104. The molecule has 7 nitrogen and oxygen atoms in total. The van der Waals surface area contributed by atoms with Crippen LogP contribution >= 0.6 is 0 Å². The average Bonchev–Trinajstić information content (AvgIpc) is 3.35. The highest BCUT2D eigenvalue weighted by atomic mass is 15.2. The molecule has 31 heavy (non-hydrogen) atoms. The summed E-state index contributed by atoms with van der Waals surface area (Å²) >= 11 is 0. The first kappa shape index (κ1) is 19.4. The lowest BCUT2D eigenvalue weighted by Gasteiger charge is -2.21. The molecule has 1 aromatic carbocycles. The van der Waals surface area contributed by atoms with Gasteiger partial charge in [-0.15, -0.1) is 0 Å². The number of nitrogen functional groups attached to an aromatic ring is 1. The fraction of sp³-hybridized carbons (Fsp3) is 0.292.